The van der Waals surface area contributed by atoms with Crippen molar-refractivity contribution < 1.29 is 4.74 Å². The van der Waals surface area contributed by atoms with Gasteiger partial charge in [0.1, 0.15) is 5.75 Å². The molecule has 0 atom stereocenters. The Morgan fingerprint density at radius 1 is 1.05 bits per heavy atom. The van der Waals surface area contributed by atoms with Crippen molar-refractivity contribution in [3.63, 3.8) is 0 Å². The first-order valence-corrected chi connectivity index (χ1v) is 6.63. The number of aromatic amines is 1. The first kappa shape index (κ1) is 12.5. The van der Waals surface area contributed by atoms with Crippen LogP contribution < -0.4 is 10.3 Å². The number of nitrogens with one attached hydrogen (secondary N) is 1. The molecule has 0 fully saturated rings. The van der Waals surface area contributed by atoms with E-state index in [1.165, 1.54) is 0 Å². The van der Waals surface area contributed by atoms with Gasteiger partial charge in [-0.05, 0) is 42.1 Å². The number of benzene rings is 2. The normalized spacial score (nSPS) is 10.7. The Kier molecular flexibility index (Phi) is 3.25. The van der Waals surface area contributed by atoms with Gasteiger partial charge in [0.25, 0.3) is 5.56 Å². The fraction of sp³-hybridized carbons (Fsp3) is 0.118. The van der Waals surface area contributed by atoms with Crippen molar-refractivity contribution >= 4 is 10.9 Å². The van der Waals surface area contributed by atoms with Crippen LogP contribution in [0.5, 0.6) is 5.75 Å². The lowest BCUT2D eigenvalue weighted by Crippen LogP contribution is -2.08. The first-order chi connectivity index (χ1) is 9.78. The molecular weight excluding hydrogens is 250 g/mol. The summed E-state index contributed by atoms with van der Waals surface area (Å²) in [7, 11) is 0. The minimum absolute atomic E-state index is 0.0761. The molecule has 0 saturated carbocycles. The van der Waals surface area contributed by atoms with E-state index in [0.717, 1.165) is 22.2 Å². The van der Waals surface area contributed by atoms with E-state index in [9.17, 15) is 4.79 Å². The summed E-state index contributed by atoms with van der Waals surface area (Å²) in [5.41, 5.74) is 2.34. The lowest BCUT2D eigenvalue weighted by atomic mass is 10.1. The summed E-state index contributed by atoms with van der Waals surface area (Å²) in [6, 6.07) is 17.3. The minimum Gasteiger partial charge on any atom is -0.494 e. The lowest BCUT2D eigenvalue weighted by Gasteiger charge is -2.06. The number of H-pyrrole nitrogens is 1. The highest BCUT2D eigenvalue weighted by molar-refractivity contribution is 5.83. The van der Waals surface area contributed by atoms with Gasteiger partial charge >= 0.3 is 0 Å². The van der Waals surface area contributed by atoms with Gasteiger partial charge in [-0.1, -0.05) is 30.3 Å². The summed E-state index contributed by atoms with van der Waals surface area (Å²) in [5, 5.41) is 1.02. The molecule has 1 aromatic heterocycles. The maximum absolute atomic E-state index is 12.2. The summed E-state index contributed by atoms with van der Waals surface area (Å²) in [6.45, 7) is 2.58. The van der Waals surface area contributed by atoms with Crippen LogP contribution in [0.2, 0.25) is 0 Å². The molecule has 1 heterocycles. The van der Waals surface area contributed by atoms with Crippen LogP contribution in [0.4, 0.5) is 0 Å². The molecule has 0 aliphatic heterocycles. The highest BCUT2D eigenvalue weighted by atomic mass is 16.5. The molecule has 0 bridgehead atoms. The number of aromatic nitrogens is 1. The maximum atomic E-state index is 12.2. The Balaban J connectivity index is 2.09. The number of ether oxygens (including phenoxy) is 1. The highest BCUT2D eigenvalue weighted by Crippen LogP contribution is 2.22. The van der Waals surface area contributed by atoms with Crippen molar-refractivity contribution in [2.75, 3.05) is 6.61 Å². The molecule has 3 nitrogen and oxygen atoms in total. The number of hydrogen-bond donors (Lipinski definition) is 1. The van der Waals surface area contributed by atoms with Crippen LogP contribution in [-0.2, 0) is 0 Å². The summed E-state index contributed by atoms with van der Waals surface area (Å²) < 4.78 is 5.41. The zero-order valence-electron chi connectivity index (χ0n) is 11.2. The van der Waals surface area contributed by atoms with Crippen molar-refractivity contribution in [2.24, 2.45) is 0 Å². The van der Waals surface area contributed by atoms with Crippen LogP contribution in [0.15, 0.2) is 59.4 Å². The van der Waals surface area contributed by atoms with Gasteiger partial charge in [-0.15, -0.1) is 0 Å². The Hall–Kier alpha value is -2.55. The minimum atomic E-state index is -0.0761. The fourth-order valence-electron chi connectivity index (χ4n) is 2.26. The SMILES string of the molecule is CCOc1ccc(-c2cc3ccccc3[nH]c2=O)cc1. The molecule has 0 saturated heterocycles. The smallest absolute Gasteiger partial charge is 0.256 e. The third-order valence-corrected chi connectivity index (χ3v) is 3.23. The average molecular weight is 265 g/mol. The van der Waals surface area contributed by atoms with E-state index >= 15 is 0 Å². The van der Waals surface area contributed by atoms with Crippen LogP contribution in [0.3, 0.4) is 0 Å². The number of rotatable bonds is 3. The standard InChI is InChI=1S/C17H15NO2/c1-2-20-14-9-7-12(8-10-14)15-11-13-5-3-4-6-16(13)18-17(15)19/h3-11H,2H2,1H3,(H,18,19). The van der Waals surface area contributed by atoms with E-state index in [2.05, 4.69) is 4.98 Å². The molecule has 0 unspecified atom stereocenters. The second-order valence-electron chi connectivity index (χ2n) is 4.56. The molecule has 2 aromatic carbocycles. The van der Waals surface area contributed by atoms with Crippen LogP contribution in [0, 0.1) is 0 Å². The summed E-state index contributed by atoms with van der Waals surface area (Å²) in [6.07, 6.45) is 0. The number of para-hydroxylation sites is 1. The molecule has 3 heteroatoms. The topological polar surface area (TPSA) is 42.1 Å². The van der Waals surface area contributed by atoms with E-state index in [1.54, 1.807) is 0 Å². The van der Waals surface area contributed by atoms with Crippen LogP contribution in [0.25, 0.3) is 22.0 Å². The van der Waals surface area contributed by atoms with Crippen LogP contribution >= 0.6 is 0 Å². The molecule has 3 aromatic rings. The van der Waals surface area contributed by atoms with Crippen molar-refractivity contribution in [3.8, 4) is 16.9 Å². The molecule has 1 N–H and O–H groups in total. The Morgan fingerprint density at radius 2 is 1.80 bits per heavy atom. The van der Waals surface area contributed by atoms with Gasteiger partial charge in [0, 0.05) is 11.1 Å². The van der Waals surface area contributed by atoms with E-state index in [1.807, 2.05) is 61.5 Å². The average Bonchev–Trinajstić information content (AvgIpc) is 2.48. The third kappa shape index (κ3) is 2.30. The quantitative estimate of drug-likeness (QED) is 0.786. The zero-order chi connectivity index (χ0) is 13.9. The third-order valence-electron chi connectivity index (χ3n) is 3.23. The van der Waals surface area contributed by atoms with E-state index in [-0.39, 0.29) is 5.56 Å². The Morgan fingerprint density at radius 3 is 2.55 bits per heavy atom. The molecule has 100 valence electrons. The predicted octanol–water partition coefficient (Wildman–Crippen LogP) is 3.59. The van der Waals surface area contributed by atoms with Gasteiger partial charge in [0.05, 0.1) is 6.61 Å². The van der Waals surface area contributed by atoms with E-state index in [4.69, 9.17) is 4.74 Å². The monoisotopic (exact) mass is 265 g/mol. The predicted molar refractivity (Wildman–Crippen MR) is 81.2 cm³/mol. The van der Waals surface area contributed by atoms with Crippen molar-refractivity contribution in [3.05, 3.63) is 65.0 Å². The molecule has 0 spiro atoms. The van der Waals surface area contributed by atoms with Crippen molar-refractivity contribution in [1.29, 1.82) is 0 Å². The Bertz CT molecular complexity index is 788. The highest BCUT2D eigenvalue weighted by Gasteiger charge is 2.05. The van der Waals surface area contributed by atoms with Crippen LogP contribution in [-0.4, -0.2) is 11.6 Å². The molecule has 0 amide bonds. The largest absolute Gasteiger partial charge is 0.494 e. The maximum Gasteiger partial charge on any atom is 0.256 e. The van der Waals surface area contributed by atoms with E-state index in [0.29, 0.717) is 12.2 Å². The van der Waals surface area contributed by atoms with Gasteiger partial charge < -0.3 is 9.72 Å². The van der Waals surface area contributed by atoms with Gasteiger partial charge in [0.15, 0.2) is 0 Å². The van der Waals surface area contributed by atoms with E-state index < -0.39 is 0 Å². The fourth-order valence-corrected chi connectivity index (χ4v) is 2.26. The van der Waals surface area contributed by atoms with Crippen molar-refractivity contribution in [1.82, 2.24) is 4.98 Å². The molecule has 0 aliphatic rings. The van der Waals surface area contributed by atoms with Gasteiger partial charge in [-0.3, -0.25) is 4.79 Å². The molecule has 0 aliphatic carbocycles. The number of pyridine rings is 1. The molecule has 0 radical (unpaired) electrons. The Labute approximate surface area is 116 Å². The lowest BCUT2D eigenvalue weighted by molar-refractivity contribution is 0.340. The summed E-state index contributed by atoms with van der Waals surface area (Å²) in [5.74, 6) is 0.813. The number of hydrogen-bond acceptors (Lipinski definition) is 2. The van der Waals surface area contributed by atoms with Gasteiger partial charge in [-0.25, -0.2) is 0 Å². The zero-order valence-corrected chi connectivity index (χ0v) is 11.2. The number of fused-ring (bicyclic) bond motifs is 1. The second-order valence-corrected chi connectivity index (χ2v) is 4.56. The van der Waals surface area contributed by atoms with Crippen LogP contribution in [0.1, 0.15) is 6.92 Å². The molecule has 20 heavy (non-hydrogen) atoms. The second kappa shape index (κ2) is 5.21. The van der Waals surface area contributed by atoms with Gasteiger partial charge in [0.2, 0.25) is 0 Å². The van der Waals surface area contributed by atoms with Crippen molar-refractivity contribution in [2.45, 2.75) is 6.92 Å². The summed E-state index contributed by atoms with van der Waals surface area (Å²) >= 11 is 0. The van der Waals surface area contributed by atoms with Gasteiger partial charge in [-0.2, -0.15) is 0 Å². The molecular formula is C17H15NO2. The first-order valence-electron chi connectivity index (χ1n) is 6.63. The summed E-state index contributed by atoms with van der Waals surface area (Å²) in [4.78, 5) is 15.1. The molecule has 3 rings (SSSR count).